The fraction of sp³-hybridized carbons (Fsp3) is 0.235. The summed E-state index contributed by atoms with van der Waals surface area (Å²) in [6.45, 7) is 1.22. The van der Waals surface area contributed by atoms with Crippen molar-refractivity contribution in [2.75, 3.05) is 32.1 Å². The molecule has 2 rings (SSSR count). The predicted octanol–water partition coefficient (Wildman–Crippen LogP) is 4.60. The largest absolute Gasteiger partial charge is 0.492 e. The quantitative estimate of drug-likeness (QED) is 0.755. The van der Waals surface area contributed by atoms with Crippen LogP contribution in [0.4, 0.5) is 5.69 Å². The third kappa shape index (κ3) is 5.87. The molecule has 24 heavy (non-hydrogen) atoms. The standard InChI is InChI=1S/C17H17Cl3N2O2/c1-22(8-9-24-13-5-2-4-12(18)10-13)11-16(23)21-17-14(19)6-3-7-15(17)20/h2-7,10H,8-9,11H2,1H3,(H,21,23). The summed E-state index contributed by atoms with van der Waals surface area (Å²) in [5, 5.41) is 4.16. The van der Waals surface area contributed by atoms with Gasteiger partial charge in [0.25, 0.3) is 0 Å². The van der Waals surface area contributed by atoms with Crippen LogP contribution in [-0.4, -0.2) is 37.6 Å². The molecule has 128 valence electrons. The van der Waals surface area contributed by atoms with Crippen LogP contribution in [0.25, 0.3) is 0 Å². The number of halogens is 3. The highest BCUT2D eigenvalue weighted by molar-refractivity contribution is 6.39. The molecule has 0 bridgehead atoms. The molecular weight excluding hydrogens is 371 g/mol. The minimum Gasteiger partial charge on any atom is -0.492 e. The van der Waals surface area contributed by atoms with Crippen LogP contribution in [-0.2, 0) is 4.79 Å². The number of carbonyl (C=O) groups excluding carboxylic acids is 1. The van der Waals surface area contributed by atoms with Gasteiger partial charge in [0.2, 0.25) is 5.91 Å². The van der Waals surface area contributed by atoms with E-state index in [1.807, 2.05) is 24.1 Å². The van der Waals surface area contributed by atoms with E-state index >= 15 is 0 Å². The van der Waals surface area contributed by atoms with Gasteiger partial charge in [-0.1, -0.05) is 46.9 Å². The highest BCUT2D eigenvalue weighted by atomic mass is 35.5. The SMILES string of the molecule is CN(CCOc1cccc(Cl)c1)CC(=O)Nc1c(Cl)cccc1Cl. The van der Waals surface area contributed by atoms with Gasteiger partial charge in [0.1, 0.15) is 12.4 Å². The van der Waals surface area contributed by atoms with E-state index in [-0.39, 0.29) is 12.5 Å². The molecule has 0 heterocycles. The first-order valence-electron chi connectivity index (χ1n) is 7.26. The Labute approximate surface area is 156 Å². The summed E-state index contributed by atoms with van der Waals surface area (Å²) < 4.78 is 5.60. The first-order valence-corrected chi connectivity index (χ1v) is 8.40. The van der Waals surface area contributed by atoms with Gasteiger partial charge >= 0.3 is 0 Å². The van der Waals surface area contributed by atoms with Crippen molar-refractivity contribution in [2.24, 2.45) is 0 Å². The number of rotatable bonds is 7. The fourth-order valence-corrected chi connectivity index (χ4v) is 2.67. The predicted molar refractivity (Wildman–Crippen MR) is 99.5 cm³/mol. The zero-order chi connectivity index (χ0) is 17.5. The number of likely N-dealkylation sites (N-methyl/N-ethyl adjacent to an activating group) is 1. The van der Waals surface area contributed by atoms with E-state index < -0.39 is 0 Å². The molecule has 1 amide bonds. The average Bonchev–Trinajstić information content (AvgIpc) is 2.51. The maximum atomic E-state index is 12.1. The van der Waals surface area contributed by atoms with Crippen molar-refractivity contribution < 1.29 is 9.53 Å². The molecule has 0 spiro atoms. The minimum absolute atomic E-state index is 0.195. The van der Waals surface area contributed by atoms with Gasteiger partial charge in [-0.25, -0.2) is 0 Å². The summed E-state index contributed by atoms with van der Waals surface area (Å²) >= 11 is 18.0. The molecule has 0 aliphatic carbocycles. The number of hydrogen-bond acceptors (Lipinski definition) is 3. The van der Waals surface area contributed by atoms with Gasteiger partial charge in [0.15, 0.2) is 0 Å². The van der Waals surface area contributed by atoms with Gasteiger partial charge in [0, 0.05) is 11.6 Å². The van der Waals surface area contributed by atoms with E-state index in [0.717, 1.165) is 0 Å². The van der Waals surface area contributed by atoms with Gasteiger partial charge in [-0.3, -0.25) is 9.69 Å². The normalized spacial score (nSPS) is 10.7. The molecule has 0 radical (unpaired) electrons. The van der Waals surface area contributed by atoms with Gasteiger partial charge in [-0.15, -0.1) is 0 Å². The fourth-order valence-electron chi connectivity index (χ4n) is 2.00. The lowest BCUT2D eigenvalue weighted by Gasteiger charge is -2.17. The summed E-state index contributed by atoms with van der Waals surface area (Å²) in [4.78, 5) is 13.9. The minimum atomic E-state index is -0.199. The van der Waals surface area contributed by atoms with Crippen molar-refractivity contribution in [3.8, 4) is 5.75 Å². The smallest absolute Gasteiger partial charge is 0.238 e. The zero-order valence-corrected chi connectivity index (χ0v) is 15.3. The van der Waals surface area contributed by atoms with E-state index in [1.54, 1.807) is 30.3 Å². The second kappa shape index (κ2) is 9.14. The molecule has 0 aliphatic rings. The van der Waals surface area contributed by atoms with Gasteiger partial charge < -0.3 is 10.1 Å². The van der Waals surface area contributed by atoms with E-state index in [2.05, 4.69) is 5.32 Å². The molecule has 2 aromatic carbocycles. The summed E-state index contributed by atoms with van der Waals surface area (Å²) in [5.74, 6) is 0.499. The molecule has 0 atom stereocenters. The first kappa shape index (κ1) is 18.9. The van der Waals surface area contributed by atoms with Crippen LogP contribution in [0.1, 0.15) is 0 Å². The highest BCUT2D eigenvalue weighted by Crippen LogP contribution is 2.29. The molecule has 0 saturated heterocycles. The second-order valence-electron chi connectivity index (χ2n) is 5.19. The third-order valence-corrected chi connectivity index (χ3v) is 4.04. The van der Waals surface area contributed by atoms with E-state index in [1.165, 1.54) is 0 Å². The Morgan fingerprint density at radius 1 is 1.12 bits per heavy atom. The van der Waals surface area contributed by atoms with Crippen LogP contribution in [0.5, 0.6) is 5.75 Å². The molecule has 0 unspecified atom stereocenters. The number of hydrogen-bond donors (Lipinski definition) is 1. The molecule has 0 aliphatic heterocycles. The van der Waals surface area contributed by atoms with Crippen molar-refractivity contribution in [3.05, 3.63) is 57.5 Å². The Morgan fingerprint density at radius 3 is 2.46 bits per heavy atom. The molecule has 1 N–H and O–H groups in total. The zero-order valence-electron chi connectivity index (χ0n) is 13.1. The Bertz CT molecular complexity index is 690. The van der Waals surface area contributed by atoms with Crippen molar-refractivity contribution in [1.82, 2.24) is 4.90 Å². The van der Waals surface area contributed by atoms with Crippen molar-refractivity contribution in [3.63, 3.8) is 0 Å². The average molecular weight is 388 g/mol. The Balaban J connectivity index is 1.77. The van der Waals surface area contributed by atoms with E-state index in [4.69, 9.17) is 39.5 Å². The monoisotopic (exact) mass is 386 g/mol. The number of nitrogens with one attached hydrogen (secondary N) is 1. The number of amides is 1. The first-order chi connectivity index (χ1) is 11.5. The van der Waals surface area contributed by atoms with Crippen molar-refractivity contribution in [2.45, 2.75) is 0 Å². The molecule has 4 nitrogen and oxygen atoms in total. The lowest BCUT2D eigenvalue weighted by molar-refractivity contribution is -0.117. The number of nitrogens with zero attached hydrogens (tertiary/aromatic N) is 1. The maximum Gasteiger partial charge on any atom is 0.238 e. The topological polar surface area (TPSA) is 41.6 Å². The van der Waals surface area contributed by atoms with Crippen molar-refractivity contribution >= 4 is 46.4 Å². The molecule has 0 fully saturated rings. The summed E-state index contributed by atoms with van der Waals surface area (Å²) in [6, 6.07) is 12.2. The lowest BCUT2D eigenvalue weighted by atomic mass is 10.3. The number of anilines is 1. The number of carbonyl (C=O) groups is 1. The van der Waals surface area contributed by atoms with E-state index in [0.29, 0.717) is 39.7 Å². The molecular formula is C17H17Cl3N2O2. The van der Waals surface area contributed by atoms with Crippen LogP contribution in [0, 0.1) is 0 Å². The second-order valence-corrected chi connectivity index (χ2v) is 6.44. The van der Waals surface area contributed by atoms with Gasteiger partial charge in [-0.05, 0) is 37.4 Å². The number of benzene rings is 2. The Hall–Kier alpha value is -1.46. The van der Waals surface area contributed by atoms with E-state index in [9.17, 15) is 4.79 Å². The number of para-hydroxylation sites is 1. The molecule has 2 aromatic rings. The van der Waals surface area contributed by atoms with Gasteiger partial charge in [-0.2, -0.15) is 0 Å². The molecule has 7 heteroatoms. The van der Waals surface area contributed by atoms with Crippen LogP contribution < -0.4 is 10.1 Å². The third-order valence-electron chi connectivity index (χ3n) is 3.18. The van der Waals surface area contributed by atoms with Crippen LogP contribution >= 0.6 is 34.8 Å². The summed E-state index contributed by atoms with van der Waals surface area (Å²) in [6.07, 6.45) is 0. The van der Waals surface area contributed by atoms with Crippen LogP contribution in [0.3, 0.4) is 0 Å². The highest BCUT2D eigenvalue weighted by Gasteiger charge is 2.11. The lowest BCUT2D eigenvalue weighted by Crippen LogP contribution is -2.33. The summed E-state index contributed by atoms with van der Waals surface area (Å²) in [7, 11) is 1.83. The summed E-state index contributed by atoms with van der Waals surface area (Å²) in [5.41, 5.74) is 0.425. The number of ether oxygens (including phenoxy) is 1. The maximum absolute atomic E-state index is 12.1. The van der Waals surface area contributed by atoms with Crippen LogP contribution in [0.2, 0.25) is 15.1 Å². The van der Waals surface area contributed by atoms with Crippen LogP contribution in [0.15, 0.2) is 42.5 Å². The van der Waals surface area contributed by atoms with Gasteiger partial charge in [0.05, 0.1) is 22.3 Å². The molecule has 0 saturated carbocycles. The molecule has 0 aromatic heterocycles. The Kier molecular flexibility index (Phi) is 7.18. The van der Waals surface area contributed by atoms with Crippen molar-refractivity contribution in [1.29, 1.82) is 0 Å². The Morgan fingerprint density at radius 2 is 1.79 bits per heavy atom.